The lowest BCUT2D eigenvalue weighted by atomic mass is 10.1. The van der Waals surface area contributed by atoms with Crippen LogP contribution in [0.15, 0.2) is 18.2 Å². The van der Waals surface area contributed by atoms with E-state index in [1.54, 1.807) is 18.2 Å². The van der Waals surface area contributed by atoms with Gasteiger partial charge in [-0.3, -0.25) is 9.59 Å². The Bertz CT molecular complexity index is 626. The van der Waals surface area contributed by atoms with E-state index in [2.05, 4.69) is 13.8 Å². The standard InChI is InChI=1S/C26H42O5/c1-4-7-9-11-13-15-17-25(27)30-23-20-19-22(29-6-3)21-24(23)31-26(28)18-16-14-12-10-8-5-2/h19-21H,4-18H2,1-3H3. The van der Waals surface area contributed by atoms with E-state index in [0.717, 1.165) is 38.5 Å². The van der Waals surface area contributed by atoms with Gasteiger partial charge in [0, 0.05) is 18.9 Å². The Morgan fingerprint density at radius 2 is 1.13 bits per heavy atom. The van der Waals surface area contributed by atoms with Crippen molar-refractivity contribution in [3.8, 4) is 17.2 Å². The zero-order valence-electron chi connectivity index (χ0n) is 19.9. The zero-order valence-corrected chi connectivity index (χ0v) is 19.9. The van der Waals surface area contributed by atoms with Crippen LogP contribution in [0.2, 0.25) is 0 Å². The fourth-order valence-electron chi connectivity index (χ4n) is 3.36. The first-order valence-electron chi connectivity index (χ1n) is 12.3. The van der Waals surface area contributed by atoms with Crippen molar-refractivity contribution < 1.29 is 23.8 Å². The summed E-state index contributed by atoms with van der Waals surface area (Å²) in [6.45, 7) is 6.76. The molecule has 0 saturated carbocycles. The summed E-state index contributed by atoms with van der Waals surface area (Å²) in [7, 11) is 0. The monoisotopic (exact) mass is 434 g/mol. The Balaban J connectivity index is 2.55. The van der Waals surface area contributed by atoms with Gasteiger partial charge in [-0.05, 0) is 31.9 Å². The van der Waals surface area contributed by atoms with Crippen molar-refractivity contribution in [3.63, 3.8) is 0 Å². The molecular weight excluding hydrogens is 392 g/mol. The molecule has 5 heteroatoms. The number of benzene rings is 1. The van der Waals surface area contributed by atoms with Crippen LogP contribution >= 0.6 is 0 Å². The second-order valence-corrected chi connectivity index (χ2v) is 8.03. The molecule has 0 bridgehead atoms. The Morgan fingerprint density at radius 1 is 0.645 bits per heavy atom. The van der Waals surface area contributed by atoms with E-state index in [0.29, 0.717) is 25.2 Å². The highest BCUT2D eigenvalue weighted by atomic mass is 16.6. The second kappa shape index (κ2) is 17.6. The van der Waals surface area contributed by atoms with Crippen LogP contribution in [0.4, 0.5) is 0 Å². The largest absolute Gasteiger partial charge is 0.494 e. The SMILES string of the molecule is CCCCCCCCC(=O)Oc1ccc(OCC)cc1OC(=O)CCCCCCCC. The van der Waals surface area contributed by atoms with Gasteiger partial charge in [-0.15, -0.1) is 0 Å². The fraction of sp³-hybridized carbons (Fsp3) is 0.692. The van der Waals surface area contributed by atoms with Crippen molar-refractivity contribution in [1.82, 2.24) is 0 Å². The smallest absolute Gasteiger partial charge is 0.311 e. The Morgan fingerprint density at radius 3 is 1.65 bits per heavy atom. The summed E-state index contributed by atoms with van der Waals surface area (Å²) in [6, 6.07) is 4.98. The number of carbonyl (C=O) groups excluding carboxylic acids is 2. The molecule has 0 amide bonds. The minimum atomic E-state index is -0.308. The number of rotatable bonds is 18. The van der Waals surface area contributed by atoms with Gasteiger partial charge < -0.3 is 14.2 Å². The molecule has 1 aromatic carbocycles. The third-order valence-corrected chi connectivity index (χ3v) is 5.14. The summed E-state index contributed by atoms with van der Waals surface area (Å²) >= 11 is 0. The molecule has 0 aliphatic heterocycles. The van der Waals surface area contributed by atoms with Crippen LogP contribution in [0.3, 0.4) is 0 Å². The molecule has 5 nitrogen and oxygen atoms in total. The molecule has 0 spiro atoms. The van der Waals surface area contributed by atoms with Gasteiger partial charge in [0.1, 0.15) is 5.75 Å². The van der Waals surface area contributed by atoms with Gasteiger partial charge in [-0.25, -0.2) is 0 Å². The van der Waals surface area contributed by atoms with Gasteiger partial charge in [0.25, 0.3) is 0 Å². The molecular formula is C26H42O5. The molecule has 0 aliphatic rings. The lowest BCUT2D eigenvalue weighted by Crippen LogP contribution is -2.12. The number of carbonyl (C=O) groups is 2. The minimum absolute atomic E-state index is 0.248. The first-order chi connectivity index (χ1) is 15.1. The Kier molecular flexibility index (Phi) is 15.3. The number of hydrogen-bond donors (Lipinski definition) is 0. The Labute approximate surface area is 188 Å². The third kappa shape index (κ3) is 13.1. The molecule has 0 heterocycles. The number of hydrogen-bond acceptors (Lipinski definition) is 5. The number of unbranched alkanes of at least 4 members (excludes halogenated alkanes) is 10. The normalized spacial score (nSPS) is 10.7. The molecule has 0 aromatic heterocycles. The summed E-state index contributed by atoms with van der Waals surface area (Å²) in [5, 5.41) is 0. The number of esters is 2. The van der Waals surface area contributed by atoms with Crippen LogP contribution < -0.4 is 14.2 Å². The molecule has 0 radical (unpaired) electrons. The van der Waals surface area contributed by atoms with Gasteiger partial charge in [0.05, 0.1) is 6.61 Å². The van der Waals surface area contributed by atoms with Crippen LogP contribution in [0.1, 0.15) is 111 Å². The maximum atomic E-state index is 12.3. The van der Waals surface area contributed by atoms with Gasteiger partial charge in [0.2, 0.25) is 0 Å². The molecule has 0 aliphatic carbocycles. The van der Waals surface area contributed by atoms with Crippen molar-refractivity contribution in [2.75, 3.05) is 6.61 Å². The van der Waals surface area contributed by atoms with Crippen molar-refractivity contribution in [2.24, 2.45) is 0 Å². The summed E-state index contributed by atoms with van der Waals surface area (Å²) in [4.78, 5) is 24.6. The zero-order chi connectivity index (χ0) is 22.7. The van der Waals surface area contributed by atoms with E-state index in [-0.39, 0.29) is 23.4 Å². The van der Waals surface area contributed by atoms with Crippen LogP contribution in [0.5, 0.6) is 17.2 Å². The first-order valence-corrected chi connectivity index (χ1v) is 12.3. The molecule has 0 atom stereocenters. The highest BCUT2D eigenvalue weighted by Gasteiger charge is 2.15. The third-order valence-electron chi connectivity index (χ3n) is 5.14. The van der Waals surface area contributed by atoms with Crippen molar-refractivity contribution in [1.29, 1.82) is 0 Å². The predicted molar refractivity (Wildman–Crippen MR) is 125 cm³/mol. The highest BCUT2D eigenvalue weighted by molar-refractivity contribution is 5.76. The van der Waals surface area contributed by atoms with E-state index in [4.69, 9.17) is 14.2 Å². The fourth-order valence-corrected chi connectivity index (χ4v) is 3.36. The molecule has 1 aromatic rings. The molecule has 176 valence electrons. The van der Waals surface area contributed by atoms with Crippen LogP contribution in [0.25, 0.3) is 0 Å². The average molecular weight is 435 g/mol. The molecule has 31 heavy (non-hydrogen) atoms. The van der Waals surface area contributed by atoms with Crippen LogP contribution in [-0.4, -0.2) is 18.5 Å². The van der Waals surface area contributed by atoms with Gasteiger partial charge in [-0.2, -0.15) is 0 Å². The van der Waals surface area contributed by atoms with Crippen molar-refractivity contribution >= 4 is 11.9 Å². The van der Waals surface area contributed by atoms with E-state index >= 15 is 0 Å². The summed E-state index contributed by atoms with van der Waals surface area (Å²) in [5.74, 6) is 0.500. The predicted octanol–water partition coefficient (Wildman–Crippen LogP) is 7.40. The van der Waals surface area contributed by atoms with E-state index in [1.807, 2.05) is 6.92 Å². The van der Waals surface area contributed by atoms with E-state index < -0.39 is 0 Å². The summed E-state index contributed by atoms with van der Waals surface area (Å²) in [6.07, 6.45) is 14.0. The van der Waals surface area contributed by atoms with Crippen molar-refractivity contribution in [2.45, 2.75) is 111 Å². The lowest BCUT2D eigenvalue weighted by Gasteiger charge is -2.12. The maximum absolute atomic E-state index is 12.3. The molecule has 0 N–H and O–H groups in total. The lowest BCUT2D eigenvalue weighted by molar-refractivity contribution is -0.137. The van der Waals surface area contributed by atoms with Gasteiger partial charge in [0.15, 0.2) is 11.5 Å². The molecule has 0 unspecified atom stereocenters. The molecule has 0 fully saturated rings. The van der Waals surface area contributed by atoms with E-state index in [9.17, 15) is 9.59 Å². The summed E-state index contributed by atoms with van der Waals surface area (Å²) in [5.41, 5.74) is 0. The number of ether oxygens (including phenoxy) is 3. The van der Waals surface area contributed by atoms with Gasteiger partial charge >= 0.3 is 11.9 Å². The van der Waals surface area contributed by atoms with Crippen LogP contribution in [0, 0.1) is 0 Å². The van der Waals surface area contributed by atoms with Gasteiger partial charge in [-0.1, -0.05) is 78.1 Å². The topological polar surface area (TPSA) is 61.8 Å². The second-order valence-electron chi connectivity index (χ2n) is 8.03. The van der Waals surface area contributed by atoms with Crippen LogP contribution in [-0.2, 0) is 9.59 Å². The Hall–Kier alpha value is -2.04. The quantitative estimate of drug-likeness (QED) is 0.137. The maximum Gasteiger partial charge on any atom is 0.311 e. The highest BCUT2D eigenvalue weighted by Crippen LogP contribution is 2.32. The first kappa shape index (κ1) is 27.0. The van der Waals surface area contributed by atoms with Crippen molar-refractivity contribution in [3.05, 3.63) is 18.2 Å². The minimum Gasteiger partial charge on any atom is -0.494 e. The van der Waals surface area contributed by atoms with E-state index in [1.165, 1.54) is 38.5 Å². The summed E-state index contributed by atoms with van der Waals surface area (Å²) < 4.78 is 16.5. The molecule has 0 saturated heterocycles. The molecule has 1 rings (SSSR count). The average Bonchev–Trinajstić information content (AvgIpc) is 2.75.